The monoisotopic (exact) mass is 455 g/mol. The van der Waals surface area contributed by atoms with Crippen LogP contribution in [0.4, 0.5) is 0 Å². The van der Waals surface area contributed by atoms with Gasteiger partial charge in [0, 0.05) is 13.1 Å². The van der Waals surface area contributed by atoms with Crippen molar-refractivity contribution >= 4 is 29.7 Å². The summed E-state index contributed by atoms with van der Waals surface area (Å²) in [5, 5.41) is 24.4. The van der Waals surface area contributed by atoms with Crippen LogP contribution in [0.15, 0.2) is 0 Å². The SMILES string of the molecule is CC(C)C[C@H](N)C(=O)N[C@@H](C)C(=O)N[C@@H](CCCNC(=N)N)C(=O)N1CCC[C@H]1C(=O)O. The number of carboxylic acid groups (broad SMARTS) is 1. The minimum Gasteiger partial charge on any atom is -0.480 e. The highest BCUT2D eigenvalue weighted by atomic mass is 16.4. The van der Waals surface area contributed by atoms with Crippen molar-refractivity contribution in [3.63, 3.8) is 0 Å². The summed E-state index contributed by atoms with van der Waals surface area (Å²) < 4.78 is 0. The van der Waals surface area contributed by atoms with Gasteiger partial charge in [0.25, 0.3) is 0 Å². The molecule has 0 spiro atoms. The van der Waals surface area contributed by atoms with Gasteiger partial charge in [-0.15, -0.1) is 0 Å². The Balaban J connectivity index is 2.81. The Bertz CT molecular complexity index is 700. The predicted molar refractivity (Wildman–Crippen MR) is 118 cm³/mol. The summed E-state index contributed by atoms with van der Waals surface area (Å²) in [4.78, 5) is 50.7. The van der Waals surface area contributed by atoms with Crippen LogP contribution in [0.1, 0.15) is 52.9 Å². The number of hydrogen-bond donors (Lipinski definition) is 7. The second-order valence-electron chi connectivity index (χ2n) is 8.54. The average Bonchev–Trinajstić information content (AvgIpc) is 3.18. The molecule has 0 aliphatic carbocycles. The number of nitrogens with one attached hydrogen (secondary N) is 4. The highest BCUT2D eigenvalue weighted by Crippen LogP contribution is 2.19. The van der Waals surface area contributed by atoms with Gasteiger partial charge in [0.05, 0.1) is 6.04 Å². The fourth-order valence-electron chi connectivity index (χ4n) is 3.57. The molecule has 12 nitrogen and oxygen atoms in total. The molecule has 182 valence electrons. The van der Waals surface area contributed by atoms with E-state index in [2.05, 4.69) is 16.0 Å². The van der Waals surface area contributed by atoms with E-state index >= 15 is 0 Å². The number of carboxylic acids is 1. The van der Waals surface area contributed by atoms with Gasteiger partial charge in [-0.25, -0.2) is 4.79 Å². The molecule has 0 unspecified atom stereocenters. The minimum absolute atomic E-state index is 0.210. The van der Waals surface area contributed by atoms with E-state index in [4.69, 9.17) is 16.9 Å². The zero-order valence-corrected chi connectivity index (χ0v) is 19.0. The van der Waals surface area contributed by atoms with E-state index in [1.165, 1.54) is 11.8 Å². The van der Waals surface area contributed by atoms with Gasteiger partial charge in [-0.2, -0.15) is 0 Å². The first-order valence-corrected chi connectivity index (χ1v) is 10.9. The van der Waals surface area contributed by atoms with Crippen LogP contribution in [-0.2, 0) is 19.2 Å². The van der Waals surface area contributed by atoms with Crippen LogP contribution in [-0.4, -0.2) is 76.9 Å². The maximum Gasteiger partial charge on any atom is 0.326 e. The van der Waals surface area contributed by atoms with E-state index in [1.54, 1.807) is 0 Å². The molecule has 1 aliphatic heterocycles. The second-order valence-corrected chi connectivity index (χ2v) is 8.54. The number of hydrogen-bond acceptors (Lipinski definition) is 6. The van der Waals surface area contributed by atoms with Crippen LogP contribution in [0.5, 0.6) is 0 Å². The van der Waals surface area contributed by atoms with Crippen molar-refractivity contribution in [1.29, 1.82) is 5.41 Å². The third kappa shape index (κ3) is 8.69. The number of rotatable bonds is 12. The zero-order chi connectivity index (χ0) is 24.4. The van der Waals surface area contributed by atoms with Gasteiger partial charge < -0.3 is 37.4 Å². The molecule has 12 heteroatoms. The molecule has 1 rings (SSSR count). The molecule has 3 amide bonds. The fourth-order valence-corrected chi connectivity index (χ4v) is 3.57. The van der Waals surface area contributed by atoms with E-state index < -0.39 is 47.9 Å². The van der Waals surface area contributed by atoms with Crippen LogP contribution >= 0.6 is 0 Å². The van der Waals surface area contributed by atoms with Crippen LogP contribution in [0, 0.1) is 11.3 Å². The highest BCUT2D eigenvalue weighted by Gasteiger charge is 2.37. The molecule has 0 saturated carbocycles. The number of nitrogens with zero attached hydrogens (tertiary/aromatic N) is 1. The molecule has 1 heterocycles. The number of nitrogens with two attached hydrogens (primary N) is 2. The Kier molecular flexibility index (Phi) is 10.9. The molecule has 1 saturated heterocycles. The van der Waals surface area contributed by atoms with Crippen molar-refractivity contribution in [2.45, 2.75) is 77.0 Å². The van der Waals surface area contributed by atoms with Gasteiger partial charge in [-0.05, 0) is 44.9 Å². The van der Waals surface area contributed by atoms with Crippen LogP contribution in [0.25, 0.3) is 0 Å². The molecule has 0 aromatic carbocycles. The highest BCUT2D eigenvalue weighted by molar-refractivity contribution is 5.94. The van der Waals surface area contributed by atoms with Crippen LogP contribution in [0.2, 0.25) is 0 Å². The lowest BCUT2D eigenvalue weighted by Gasteiger charge is -2.28. The number of carbonyl (C=O) groups is 4. The van der Waals surface area contributed by atoms with Gasteiger partial charge in [0.2, 0.25) is 17.7 Å². The van der Waals surface area contributed by atoms with E-state index in [1.807, 2.05) is 13.8 Å². The lowest BCUT2D eigenvalue weighted by Crippen LogP contribution is -2.56. The summed E-state index contributed by atoms with van der Waals surface area (Å²) in [6.45, 7) is 5.97. The lowest BCUT2D eigenvalue weighted by atomic mass is 10.0. The molecule has 0 bridgehead atoms. The third-order valence-electron chi connectivity index (χ3n) is 5.23. The number of guanidine groups is 1. The number of aliphatic carboxylic acids is 1. The molecule has 32 heavy (non-hydrogen) atoms. The van der Waals surface area contributed by atoms with E-state index in [9.17, 15) is 24.3 Å². The fraction of sp³-hybridized carbons (Fsp3) is 0.750. The quantitative estimate of drug-likeness (QED) is 0.107. The summed E-state index contributed by atoms with van der Waals surface area (Å²) >= 11 is 0. The molecule has 9 N–H and O–H groups in total. The molecule has 0 radical (unpaired) electrons. The Morgan fingerprint density at radius 1 is 1.16 bits per heavy atom. The van der Waals surface area contributed by atoms with Gasteiger partial charge in [-0.1, -0.05) is 13.8 Å². The summed E-state index contributed by atoms with van der Waals surface area (Å²) in [7, 11) is 0. The van der Waals surface area contributed by atoms with Crippen molar-refractivity contribution in [3.8, 4) is 0 Å². The first-order chi connectivity index (χ1) is 14.9. The normalized spacial score (nSPS) is 18.5. The minimum atomic E-state index is -1.08. The van der Waals surface area contributed by atoms with Gasteiger partial charge in [0.15, 0.2) is 5.96 Å². The average molecular weight is 456 g/mol. The first-order valence-electron chi connectivity index (χ1n) is 10.9. The topological polar surface area (TPSA) is 204 Å². The lowest BCUT2D eigenvalue weighted by molar-refractivity contribution is -0.149. The van der Waals surface area contributed by atoms with Crippen molar-refractivity contribution in [2.75, 3.05) is 13.1 Å². The summed E-state index contributed by atoms with van der Waals surface area (Å²) in [6.07, 6.45) is 2.00. The van der Waals surface area contributed by atoms with Gasteiger partial charge in [0.1, 0.15) is 18.1 Å². The Hall–Kier alpha value is -2.89. The summed E-state index contributed by atoms with van der Waals surface area (Å²) in [5.41, 5.74) is 11.1. The molecule has 0 aromatic rings. The van der Waals surface area contributed by atoms with E-state index in [0.717, 1.165) is 0 Å². The summed E-state index contributed by atoms with van der Waals surface area (Å²) in [5.74, 6) is -2.59. The van der Waals surface area contributed by atoms with Gasteiger partial charge in [-0.3, -0.25) is 19.8 Å². The van der Waals surface area contributed by atoms with Gasteiger partial charge >= 0.3 is 5.97 Å². The largest absolute Gasteiger partial charge is 0.480 e. The maximum atomic E-state index is 13.1. The van der Waals surface area contributed by atoms with E-state index in [0.29, 0.717) is 38.8 Å². The van der Waals surface area contributed by atoms with Crippen LogP contribution < -0.4 is 27.4 Å². The first kappa shape index (κ1) is 27.1. The Morgan fingerprint density at radius 2 is 1.81 bits per heavy atom. The smallest absolute Gasteiger partial charge is 0.326 e. The molecular formula is C20H37N7O5. The Labute approximate surface area is 188 Å². The predicted octanol–water partition coefficient (Wildman–Crippen LogP) is -1.31. The molecule has 4 atom stereocenters. The number of likely N-dealkylation sites (tertiary alicyclic amines) is 1. The van der Waals surface area contributed by atoms with Crippen molar-refractivity contribution in [3.05, 3.63) is 0 Å². The van der Waals surface area contributed by atoms with Crippen molar-refractivity contribution < 1.29 is 24.3 Å². The van der Waals surface area contributed by atoms with Crippen molar-refractivity contribution in [1.82, 2.24) is 20.9 Å². The van der Waals surface area contributed by atoms with Crippen LogP contribution in [0.3, 0.4) is 0 Å². The maximum absolute atomic E-state index is 13.1. The molecule has 1 aliphatic rings. The standard InChI is InChI=1S/C20H37N7O5/c1-11(2)10-13(21)17(29)25-12(3)16(28)26-14(6-4-8-24-20(22)23)18(30)27-9-5-7-15(27)19(31)32/h11-15H,4-10,21H2,1-3H3,(H,25,29)(H,26,28)(H,31,32)(H4,22,23,24)/t12-,13-,14-,15-/m0/s1. The zero-order valence-electron chi connectivity index (χ0n) is 19.0. The third-order valence-corrected chi connectivity index (χ3v) is 5.23. The second kappa shape index (κ2) is 12.8. The molecule has 1 fully saturated rings. The number of carbonyl (C=O) groups excluding carboxylic acids is 3. The van der Waals surface area contributed by atoms with E-state index in [-0.39, 0.29) is 18.3 Å². The summed E-state index contributed by atoms with van der Waals surface area (Å²) in [6, 6.07) is -3.58. The van der Waals surface area contributed by atoms with Crippen molar-refractivity contribution in [2.24, 2.45) is 17.4 Å². The molecule has 0 aromatic heterocycles. The Morgan fingerprint density at radius 3 is 2.38 bits per heavy atom. The molecular weight excluding hydrogens is 418 g/mol. The number of amides is 3.